The zero-order valence-corrected chi connectivity index (χ0v) is 15.1. The van der Waals surface area contributed by atoms with Crippen molar-refractivity contribution in [2.24, 2.45) is 11.8 Å². The number of benzene rings is 1. The molecule has 2 amide bonds. The van der Waals surface area contributed by atoms with Crippen LogP contribution in [-0.2, 0) is 9.59 Å². The van der Waals surface area contributed by atoms with Gasteiger partial charge in [0.1, 0.15) is 0 Å². The molecule has 3 atom stereocenters. The molecule has 1 saturated heterocycles. The van der Waals surface area contributed by atoms with Gasteiger partial charge in [-0.25, -0.2) is 13.2 Å². The SMILES string of the molecule is C[C@@H]1C[C@H](C)CN([C@H](C)C(=O)NCC(=O)Nc2ccc(F)c(F)c2F)C1. The van der Waals surface area contributed by atoms with Crippen LogP contribution in [0.5, 0.6) is 0 Å². The average molecular weight is 371 g/mol. The van der Waals surface area contributed by atoms with E-state index in [0.717, 1.165) is 25.6 Å². The van der Waals surface area contributed by atoms with Crippen molar-refractivity contribution in [1.29, 1.82) is 0 Å². The van der Waals surface area contributed by atoms with Crippen molar-refractivity contribution in [3.8, 4) is 0 Å². The van der Waals surface area contributed by atoms with E-state index in [0.29, 0.717) is 17.9 Å². The molecule has 0 aliphatic carbocycles. The van der Waals surface area contributed by atoms with Gasteiger partial charge in [0.05, 0.1) is 18.3 Å². The molecular weight excluding hydrogens is 347 g/mol. The lowest BCUT2D eigenvalue weighted by molar-refractivity contribution is -0.128. The maximum atomic E-state index is 13.5. The molecular formula is C18H24F3N3O2. The summed E-state index contributed by atoms with van der Waals surface area (Å²) in [6.45, 7) is 7.28. The maximum absolute atomic E-state index is 13.5. The number of hydrogen-bond donors (Lipinski definition) is 2. The molecule has 0 radical (unpaired) electrons. The minimum absolute atomic E-state index is 0.313. The maximum Gasteiger partial charge on any atom is 0.243 e. The molecule has 26 heavy (non-hydrogen) atoms. The molecule has 8 heteroatoms. The van der Waals surface area contributed by atoms with Crippen molar-refractivity contribution in [2.45, 2.75) is 33.2 Å². The van der Waals surface area contributed by atoms with E-state index in [9.17, 15) is 22.8 Å². The summed E-state index contributed by atoms with van der Waals surface area (Å²) in [5.41, 5.74) is -0.477. The van der Waals surface area contributed by atoms with Gasteiger partial charge in [-0.2, -0.15) is 0 Å². The number of likely N-dealkylation sites (tertiary alicyclic amines) is 1. The molecule has 1 fully saturated rings. The van der Waals surface area contributed by atoms with Crippen molar-refractivity contribution < 1.29 is 22.8 Å². The molecule has 144 valence electrons. The van der Waals surface area contributed by atoms with Crippen LogP contribution >= 0.6 is 0 Å². The van der Waals surface area contributed by atoms with Crippen LogP contribution in [-0.4, -0.2) is 42.4 Å². The van der Waals surface area contributed by atoms with Crippen LogP contribution in [0, 0.1) is 29.3 Å². The smallest absolute Gasteiger partial charge is 0.243 e. The lowest BCUT2D eigenvalue weighted by atomic mass is 9.91. The van der Waals surface area contributed by atoms with Crippen LogP contribution in [0.1, 0.15) is 27.2 Å². The average Bonchev–Trinajstić information content (AvgIpc) is 2.58. The van der Waals surface area contributed by atoms with Crippen molar-refractivity contribution in [3.63, 3.8) is 0 Å². The third-order valence-electron chi connectivity index (χ3n) is 4.56. The second-order valence-corrected chi connectivity index (χ2v) is 7.06. The van der Waals surface area contributed by atoms with Crippen LogP contribution in [0.4, 0.5) is 18.9 Å². The summed E-state index contributed by atoms with van der Waals surface area (Å²) in [7, 11) is 0. The van der Waals surface area contributed by atoms with E-state index in [4.69, 9.17) is 0 Å². The topological polar surface area (TPSA) is 61.4 Å². The molecule has 1 aliphatic rings. The lowest BCUT2D eigenvalue weighted by Gasteiger charge is -2.38. The highest BCUT2D eigenvalue weighted by molar-refractivity contribution is 5.95. The van der Waals surface area contributed by atoms with Crippen LogP contribution in [0.25, 0.3) is 0 Å². The number of anilines is 1. The Labute approximate surface area is 150 Å². The van der Waals surface area contributed by atoms with E-state index in [1.165, 1.54) is 0 Å². The number of halogens is 3. The first-order valence-electron chi connectivity index (χ1n) is 8.64. The number of rotatable bonds is 5. The summed E-state index contributed by atoms with van der Waals surface area (Å²) in [5.74, 6) is -4.53. The Morgan fingerprint density at radius 1 is 1.15 bits per heavy atom. The normalized spacial score (nSPS) is 21.9. The van der Waals surface area contributed by atoms with Crippen molar-refractivity contribution in [2.75, 3.05) is 25.0 Å². The molecule has 5 nitrogen and oxygen atoms in total. The highest BCUT2D eigenvalue weighted by Crippen LogP contribution is 2.22. The number of amides is 2. The van der Waals surface area contributed by atoms with Gasteiger partial charge in [-0.3, -0.25) is 14.5 Å². The highest BCUT2D eigenvalue weighted by atomic mass is 19.2. The molecule has 0 unspecified atom stereocenters. The Balaban J connectivity index is 1.87. The molecule has 1 heterocycles. The Kier molecular flexibility index (Phi) is 6.63. The van der Waals surface area contributed by atoms with E-state index in [2.05, 4.69) is 29.4 Å². The second kappa shape index (κ2) is 8.53. The summed E-state index contributed by atoms with van der Waals surface area (Å²) in [5, 5.41) is 4.61. The van der Waals surface area contributed by atoms with Gasteiger partial charge in [0.15, 0.2) is 17.5 Å². The zero-order valence-electron chi connectivity index (χ0n) is 15.1. The fraction of sp³-hybridized carbons (Fsp3) is 0.556. The molecule has 2 rings (SSSR count). The predicted molar refractivity (Wildman–Crippen MR) is 91.9 cm³/mol. The van der Waals surface area contributed by atoms with Crippen LogP contribution in [0.2, 0.25) is 0 Å². The summed E-state index contributed by atoms with van der Waals surface area (Å²) >= 11 is 0. The fourth-order valence-electron chi connectivity index (χ4n) is 3.33. The molecule has 0 bridgehead atoms. The number of carbonyl (C=O) groups excluding carboxylic acids is 2. The van der Waals surface area contributed by atoms with E-state index in [-0.39, 0.29) is 12.5 Å². The summed E-state index contributed by atoms with van der Waals surface area (Å²) < 4.78 is 39.6. The standard InChI is InChI=1S/C18H24F3N3O2/c1-10-6-11(2)9-24(8-10)12(3)18(26)22-7-15(25)23-14-5-4-13(19)16(20)17(14)21/h4-5,10-12H,6-9H2,1-3H3,(H,22,26)(H,23,25)/t10-,11+,12-/m1/s1. The predicted octanol–water partition coefficient (Wildman–Crippen LogP) is 2.53. The van der Waals surface area contributed by atoms with Crippen molar-refractivity contribution >= 4 is 17.5 Å². The Morgan fingerprint density at radius 2 is 1.77 bits per heavy atom. The Bertz CT molecular complexity index is 674. The first-order chi connectivity index (χ1) is 12.2. The number of piperidine rings is 1. The second-order valence-electron chi connectivity index (χ2n) is 7.06. The first-order valence-corrected chi connectivity index (χ1v) is 8.64. The van der Waals surface area contributed by atoms with Crippen molar-refractivity contribution in [1.82, 2.24) is 10.2 Å². The minimum Gasteiger partial charge on any atom is -0.346 e. The number of carbonyl (C=O) groups is 2. The fourth-order valence-corrected chi connectivity index (χ4v) is 3.33. The van der Waals surface area contributed by atoms with Gasteiger partial charge < -0.3 is 10.6 Å². The molecule has 0 aromatic heterocycles. The van der Waals surface area contributed by atoms with E-state index in [1.54, 1.807) is 6.92 Å². The van der Waals surface area contributed by atoms with Gasteiger partial charge in [0, 0.05) is 13.1 Å². The molecule has 1 aromatic rings. The van der Waals surface area contributed by atoms with Crippen LogP contribution < -0.4 is 10.6 Å². The molecule has 0 spiro atoms. The molecule has 2 N–H and O–H groups in total. The molecule has 1 aliphatic heterocycles. The largest absolute Gasteiger partial charge is 0.346 e. The molecule has 1 aromatic carbocycles. The van der Waals surface area contributed by atoms with Crippen LogP contribution in [0.15, 0.2) is 12.1 Å². The Hall–Kier alpha value is -2.09. The van der Waals surface area contributed by atoms with Crippen molar-refractivity contribution in [3.05, 3.63) is 29.6 Å². The monoisotopic (exact) mass is 371 g/mol. The quantitative estimate of drug-likeness (QED) is 0.782. The zero-order chi connectivity index (χ0) is 19.4. The van der Waals surface area contributed by atoms with Gasteiger partial charge in [-0.05, 0) is 37.3 Å². The van der Waals surface area contributed by atoms with E-state index >= 15 is 0 Å². The van der Waals surface area contributed by atoms with Gasteiger partial charge in [0.25, 0.3) is 0 Å². The number of nitrogens with one attached hydrogen (secondary N) is 2. The van der Waals surface area contributed by atoms with Crippen LogP contribution in [0.3, 0.4) is 0 Å². The van der Waals surface area contributed by atoms with E-state index < -0.39 is 35.1 Å². The van der Waals surface area contributed by atoms with Gasteiger partial charge >= 0.3 is 0 Å². The Morgan fingerprint density at radius 3 is 2.38 bits per heavy atom. The third-order valence-corrected chi connectivity index (χ3v) is 4.56. The van der Waals surface area contributed by atoms with Gasteiger partial charge in [0.2, 0.25) is 11.8 Å². The summed E-state index contributed by atoms with van der Waals surface area (Å²) in [6.07, 6.45) is 1.12. The summed E-state index contributed by atoms with van der Waals surface area (Å²) in [4.78, 5) is 26.2. The van der Waals surface area contributed by atoms with Gasteiger partial charge in [-0.1, -0.05) is 13.8 Å². The molecule has 0 saturated carbocycles. The third kappa shape index (κ3) is 4.97. The first kappa shape index (κ1) is 20.2. The minimum atomic E-state index is -1.66. The van der Waals surface area contributed by atoms with Gasteiger partial charge in [-0.15, -0.1) is 0 Å². The number of nitrogens with zero attached hydrogens (tertiary/aromatic N) is 1. The van der Waals surface area contributed by atoms with E-state index in [1.807, 2.05) is 0 Å². The number of hydrogen-bond acceptors (Lipinski definition) is 3. The highest BCUT2D eigenvalue weighted by Gasteiger charge is 2.28. The lowest BCUT2D eigenvalue weighted by Crippen LogP contribution is -2.51. The summed E-state index contributed by atoms with van der Waals surface area (Å²) in [6, 6.07) is 1.24.